The van der Waals surface area contributed by atoms with Crippen molar-refractivity contribution in [1.29, 1.82) is 0 Å². The first-order valence-electron chi connectivity index (χ1n) is 8.15. The molecule has 24 heavy (non-hydrogen) atoms. The van der Waals surface area contributed by atoms with E-state index in [9.17, 15) is 9.59 Å². The number of Topliss-reactive ketones (excluding diaryl/α,β-unsaturated/α-hetero) is 2. The van der Waals surface area contributed by atoms with Gasteiger partial charge in [0.15, 0.2) is 11.6 Å². The number of hydrogen-bond acceptors (Lipinski definition) is 3. The summed E-state index contributed by atoms with van der Waals surface area (Å²) in [5.41, 5.74) is 6.21. The number of pyridine rings is 1. The molecule has 1 aliphatic rings. The molecular formula is C21H21NO2. The number of aromatic nitrogens is 1. The lowest BCUT2D eigenvalue weighted by molar-refractivity contribution is -0.123. The number of rotatable bonds is 2. The molecule has 1 heterocycles. The summed E-state index contributed by atoms with van der Waals surface area (Å²) in [7, 11) is 0. The van der Waals surface area contributed by atoms with Gasteiger partial charge in [0.25, 0.3) is 0 Å². The maximum Gasteiger partial charge on any atom is 0.174 e. The molecule has 0 radical (unpaired) electrons. The van der Waals surface area contributed by atoms with Crippen LogP contribution in [-0.2, 0) is 9.59 Å². The highest BCUT2D eigenvalue weighted by molar-refractivity contribution is 6.24. The summed E-state index contributed by atoms with van der Waals surface area (Å²) in [6.07, 6.45) is 1.94. The van der Waals surface area contributed by atoms with E-state index in [-0.39, 0.29) is 18.0 Å². The van der Waals surface area contributed by atoms with E-state index in [1.807, 2.05) is 58.0 Å². The van der Waals surface area contributed by atoms with Crippen molar-refractivity contribution in [1.82, 2.24) is 4.98 Å². The number of hydrogen-bond donors (Lipinski definition) is 0. The number of ketones is 2. The molecule has 0 spiro atoms. The lowest BCUT2D eigenvalue weighted by atomic mass is 9.87. The molecule has 122 valence electrons. The Bertz CT molecular complexity index is 854. The number of carbonyl (C=O) groups excluding carboxylic acids is 2. The van der Waals surface area contributed by atoms with Crippen LogP contribution >= 0.6 is 0 Å². The second-order valence-corrected chi connectivity index (χ2v) is 6.63. The average Bonchev–Trinajstić information content (AvgIpc) is 2.74. The molecule has 1 aliphatic carbocycles. The highest BCUT2D eigenvalue weighted by atomic mass is 16.2. The van der Waals surface area contributed by atoms with Gasteiger partial charge in [-0.3, -0.25) is 14.6 Å². The van der Waals surface area contributed by atoms with E-state index >= 15 is 0 Å². The van der Waals surface area contributed by atoms with Crippen molar-refractivity contribution >= 4 is 17.6 Å². The third-order valence-corrected chi connectivity index (χ3v) is 4.52. The molecule has 1 atom stereocenters. The van der Waals surface area contributed by atoms with Gasteiger partial charge in [-0.2, -0.15) is 0 Å². The lowest BCUT2D eigenvalue weighted by Crippen LogP contribution is -2.15. The molecule has 0 amide bonds. The highest BCUT2D eigenvalue weighted by Crippen LogP contribution is 2.36. The van der Waals surface area contributed by atoms with Crippen LogP contribution in [0.3, 0.4) is 0 Å². The standard InChI is InChI=1S/C21H21NO2/c1-12-8-13(2)19(14(3)9-12)20-18(23)11-16(21(20)24)10-17-7-5-6-15(4)22-17/h5-10,20H,11H2,1-4H3. The molecule has 1 saturated carbocycles. The fraction of sp³-hybridized carbons (Fsp3) is 0.286. The highest BCUT2D eigenvalue weighted by Gasteiger charge is 2.39. The Balaban J connectivity index is 2.02. The van der Waals surface area contributed by atoms with Crippen LogP contribution in [0.1, 0.15) is 46.0 Å². The number of benzene rings is 1. The third kappa shape index (κ3) is 2.94. The topological polar surface area (TPSA) is 47.0 Å². The van der Waals surface area contributed by atoms with Gasteiger partial charge in [-0.1, -0.05) is 23.8 Å². The minimum Gasteiger partial charge on any atom is -0.298 e. The van der Waals surface area contributed by atoms with Gasteiger partial charge in [-0.05, 0) is 62.6 Å². The van der Waals surface area contributed by atoms with Crippen molar-refractivity contribution in [3.8, 4) is 0 Å². The zero-order valence-electron chi connectivity index (χ0n) is 14.5. The van der Waals surface area contributed by atoms with Crippen LogP contribution in [0, 0.1) is 27.7 Å². The predicted molar refractivity (Wildman–Crippen MR) is 95.0 cm³/mol. The van der Waals surface area contributed by atoms with E-state index in [0.717, 1.165) is 33.6 Å². The molecule has 0 bridgehead atoms. The smallest absolute Gasteiger partial charge is 0.174 e. The van der Waals surface area contributed by atoms with Crippen LogP contribution in [0.5, 0.6) is 0 Å². The fourth-order valence-electron chi connectivity index (χ4n) is 3.59. The molecule has 2 aromatic rings. The summed E-state index contributed by atoms with van der Waals surface area (Å²) < 4.78 is 0. The zero-order valence-corrected chi connectivity index (χ0v) is 14.5. The lowest BCUT2D eigenvalue weighted by Gasteiger charge is -2.15. The van der Waals surface area contributed by atoms with Crippen molar-refractivity contribution in [2.75, 3.05) is 0 Å². The van der Waals surface area contributed by atoms with Gasteiger partial charge in [0, 0.05) is 17.7 Å². The molecule has 1 fully saturated rings. The van der Waals surface area contributed by atoms with Crippen LogP contribution in [-0.4, -0.2) is 16.6 Å². The molecular weight excluding hydrogens is 298 g/mol. The summed E-state index contributed by atoms with van der Waals surface area (Å²) >= 11 is 0. The average molecular weight is 319 g/mol. The Labute approximate surface area is 142 Å². The van der Waals surface area contributed by atoms with Gasteiger partial charge < -0.3 is 0 Å². The van der Waals surface area contributed by atoms with E-state index in [4.69, 9.17) is 0 Å². The SMILES string of the molecule is Cc1cc(C)c(C2C(=O)CC(=Cc3cccc(C)n3)C2=O)c(C)c1. The monoisotopic (exact) mass is 319 g/mol. The van der Waals surface area contributed by atoms with Gasteiger partial charge >= 0.3 is 0 Å². The number of aryl methyl sites for hydroxylation is 4. The second kappa shape index (κ2) is 6.16. The quantitative estimate of drug-likeness (QED) is 0.620. The summed E-state index contributed by atoms with van der Waals surface area (Å²) in [5.74, 6) is -0.769. The van der Waals surface area contributed by atoms with E-state index in [1.54, 1.807) is 6.08 Å². The maximum atomic E-state index is 12.9. The van der Waals surface area contributed by atoms with Crippen molar-refractivity contribution < 1.29 is 9.59 Å². The minimum atomic E-state index is -0.665. The predicted octanol–water partition coefficient (Wildman–Crippen LogP) is 4.02. The molecule has 1 aromatic carbocycles. The minimum absolute atomic E-state index is 0.0195. The normalized spacial score (nSPS) is 19.3. The van der Waals surface area contributed by atoms with Crippen molar-refractivity contribution in [2.24, 2.45) is 0 Å². The number of allylic oxidation sites excluding steroid dienone is 1. The van der Waals surface area contributed by atoms with Crippen LogP contribution in [0.4, 0.5) is 0 Å². The number of nitrogens with zero attached hydrogens (tertiary/aromatic N) is 1. The van der Waals surface area contributed by atoms with Crippen LogP contribution in [0.2, 0.25) is 0 Å². The Morgan fingerprint density at radius 3 is 2.33 bits per heavy atom. The third-order valence-electron chi connectivity index (χ3n) is 4.52. The molecule has 1 aromatic heterocycles. The summed E-state index contributed by atoms with van der Waals surface area (Å²) in [6, 6.07) is 9.74. The van der Waals surface area contributed by atoms with Crippen LogP contribution in [0.15, 0.2) is 35.9 Å². The Morgan fingerprint density at radius 1 is 1.04 bits per heavy atom. The molecule has 0 aliphatic heterocycles. The van der Waals surface area contributed by atoms with Gasteiger partial charge in [0.2, 0.25) is 0 Å². The molecule has 0 N–H and O–H groups in total. The van der Waals surface area contributed by atoms with E-state index in [1.165, 1.54) is 0 Å². The molecule has 3 heteroatoms. The first-order chi connectivity index (χ1) is 11.4. The molecule has 3 rings (SSSR count). The van der Waals surface area contributed by atoms with E-state index in [2.05, 4.69) is 4.98 Å². The fourth-order valence-corrected chi connectivity index (χ4v) is 3.59. The van der Waals surface area contributed by atoms with Crippen molar-refractivity contribution in [3.63, 3.8) is 0 Å². The zero-order chi connectivity index (χ0) is 17.4. The molecule has 0 saturated heterocycles. The van der Waals surface area contributed by atoms with Gasteiger partial charge in [0.1, 0.15) is 5.92 Å². The second-order valence-electron chi connectivity index (χ2n) is 6.63. The molecule has 1 unspecified atom stereocenters. The van der Waals surface area contributed by atoms with Gasteiger partial charge in [0.05, 0.1) is 5.69 Å². The van der Waals surface area contributed by atoms with Crippen molar-refractivity contribution in [2.45, 2.75) is 40.0 Å². The first-order valence-corrected chi connectivity index (χ1v) is 8.15. The largest absolute Gasteiger partial charge is 0.298 e. The summed E-state index contributed by atoms with van der Waals surface area (Å²) in [6.45, 7) is 7.88. The van der Waals surface area contributed by atoms with E-state index in [0.29, 0.717) is 5.57 Å². The Kier molecular flexibility index (Phi) is 4.18. The van der Waals surface area contributed by atoms with E-state index < -0.39 is 5.92 Å². The summed E-state index contributed by atoms with van der Waals surface area (Å²) in [4.78, 5) is 29.8. The maximum absolute atomic E-state index is 12.9. The Hall–Kier alpha value is -2.55. The van der Waals surface area contributed by atoms with Gasteiger partial charge in [-0.15, -0.1) is 0 Å². The first kappa shape index (κ1) is 16.3. The molecule has 3 nitrogen and oxygen atoms in total. The Morgan fingerprint density at radius 2 is 1.71 bits per heavy atom. The summed E-state index contributed by atoms with van der Waals surface area (Å²) in [5, 5.41) is 0. The van der Waals surface area contributed by atoms with Crippen LogP contribution < -0.4 is 0 Å². The number of carbonyl (C=O) groups is 2. The van der Waals surface area contributed by atoms with Gasteiger partial charge in [-0.25, -0.2) is 0 Å². The van der Waals surface area contributed by atoms with Crippen molar-refractivity contribution in [3.05, 3.63) is 69.5 Å². The van der Waals surface area contributed by atoms with Crippen LogP contribution in [0.25, 0.3) is 6.08 Å².